The van der Waals surface area contributed by atoms with Gasteiger partial charge in [0.05, 0.1) is 20.3 Å². The molecule has 1 heterocycles. The first kappa shape index (κ1) is 15.6. The number of ether oxygens (including phenoxy) is 2. The monoisotopic (exact) mass is 272 g/mol. The van der Waals surface area contributed by atoms with Gasteiger partial charge in [0.25, 0.3) is 0 Å². The lowest BCUT2D eigenvalue weighted by molar-refractivity contribution is -0.143. The molecule has 0 aromatic heterocycles. The highest BCUT2D eigenvalue weighted by Gasteiger charge is 2.27. The van der Waals surface area contributed by atoms with Crippen molar-refractivity contribution in [3.05, 3.63) is 11.6 Å². The Labute approximate surface area is 112 Å². The third kappa shape index (κ3) is 4.02. The predicted molar refractivity (Wildman–Crippen MR) is 66.9 cm³/mol. The normalized spacial score (nSPS) is 19.8. The SMILES string of the molecule is COC(=O)C(N)CCC(=O)N(C)C1OCC=C1CO. The third-order valence-electron chi connectivity index (χ3n) is 3.02. The number of aliphatic hydroxyl groups is 1. The van der Waals surface area contributed by atoms with Gasteiger partial charge in [-0.15, -0.1) is 0 Å². The topological polar surface area (TPSA) is 102 Å². The van der Waals surface area contributed by atoms with Crippen LogP contribution >= 0.6 is 0 Å². The van der Waals surface area contributed by atoms with Crippen LogP contribution in [0.25, 0.3) is 0 Å². The first-order valence-electron chi connectivity index (χ1n) is 6.01. The van der Waals surface area contributed by atoms with Crippen LogP contribution in [0.2, 0.25) is 0 Å². The molecule has 1 amide bonds. The molecule has 3 N–H and O–H groups in total. The maximum Gasteiger partial charge on any atom is 0.322 e. The number of rotatable bonds is 6. The zero-order valence-electron chi connectivity index (χ0n) is 11.2. The number of hydrogen-bond acceptors (Lipinski definition) is 6. The van der Waals surface area contributed by atoms with E-state index in [4.69, 9.17) is 15.6 Å². The lowest BCUT2D eigenvalue weighted by Gasteiger charge is -2.26. The third-order valence-corrected chi connectivity index (χ3v) is 3.02. The smallest absolute Gasteiger partial charge is 0.322 e. The summed E-state index contributed by atoms with van der Waals surface area (Å²) in [7, 11) is 2.84. The summed E-state index contributed by atoms with van der Waals surface area (Å²) < 4.78 is 9.83. The number of nitrogens with zero attached hydrogens (tertiary/aromatic N) is 1. The summed E-state index contributed by atoms with van der Waals surface area (Å²) in [5.41, 5.74) is 6.22. The Morgan fingerprint density at radius 1 is 1.68 bits per heavy atom. The van der Waals surface area contributed by atoms with Crippen LogP contribution in [0.5, 0.6) is 0 Å². The first-order chi connectivity index (χ1) is 9.01. The molecular formula is C12H20N2O5. The van der Waals surface area contributed by atoms with Crippen molar-refractivity contribution in [2.75, 3.05) is 27.4 Å². The van der Waals surface area contributed by atoms with E-state index in [0.29, 0.717) is 12.2 Å². The van der Waals surface area contributed by atoms with Gasteiger partial charge in [-0.3, -0.25) is 9.59 Å². The molecule has 0 saturated carbocycles. The summed E-state index contributed by atoms with van der Waals surface area (Å²) in [6.45, 7) is 0.226. The van der Waals surface area contributed by atoms with Gasteiger partial charge in [0.2, 0.25) is 5.91 Å². The number of likely N-dealkylation sites (N-methyl/N-ethyl adjacent to an activating group) is 1. The largest absolute Gasteiger partial charge is 0.468 e. The molecule has 0 aromatic carbocycles. The van der Waals surface area contributed by atoms with Crippen molar-refractivity contribution in [3.8, 4) is 0 Å². The summed E-state index contributed by atoms with van der Waals surface area (Å²) >= 11 is 0. The zero-order chi connectivity index (χ0) is 14.4. The van der Waals surface area contributed by atoms with Crippen LogP contribution in [0.3, 0.4) is 0 Å². The zero-order valence-corrected chi connectivity index (χ0v) is 11.2. The van der Waals surface area contributed by atoms with Gasteiger partial charge in [-0.1, -0.05) is 6.08 Å². The van der Waals surface area contributed by atoms with Gasteiger partial charge in [0.1, 0.15) is 6.04 Å². The molecule has 0 aromatic rings. The van der Waals surface area contributed by atoms with Gasteiger partial charge in [-0.25, -0.2) is 0 Å². The second-order valence-corrected chi connectivity index (χ2v) is 4.30. The number of carbonyl (C=O) groups excluding carboxylic acids is 2. The molecule has 1 rings (SSSR count). The molecule has 1 aliphatic rings. The van der Waals surface area contributed by atoms with Crippen LogP contribution < -0.4 is 5.73 Å². The molecule has 7 heteroatoms. The second-order valence-electron chi connectivity index (χ2n) is 4.30. The average Bonchev–Trinajstić information content (AvgIpc) is 2.90. The van der Waals surface area contributed by atoms with Crippen molar-refractivity contribution >= 4 is 11.9 Å². The minimum Gasteiger partial charge on any atom is -0.468 e. The minimum atomic E-state index is -0.806. The van der Waals surface area contributed by atoms with Crippen LogP contribution in [0.1, 0.15) is 12.8 Å². The molecule has 0 aliphatic carbocycles. The predicted octanol–water partition coefficient (Wildman–Crippen LogP) is -1.000. The van der Waals surface area contributed by atoms with Gasteiger partial charge in [-0.05, 0) is 6.42 Å². The fraction of sp³-hybridized carbons (Fsp3) is 0.667. The number of amides is 1. The van der Waals surface area contributed by atoms with Gasteiger partial charge >= 0.3 is 5.97 Å². The average molecular weight is 272 g/mol. The molecule has 0 radical (unpaired) electrons. The number of aliphatic hydroxyl groups excluding tert-OH is 1. The number of methoxy groups -OCH3 is 1. The van der Waals surface area contributed by atoms with Crippen molar-refractivity contribution in [1.29, 1.82) is 0 Å². The first-order valence-corrected chi connectivity index (χ1v) is 6.01. The van der Waals surface area contributed by atoms with Gasteiger partial charge in [0, 0.05) is 19.0 Å². The lowest BCUT2D eigenvalue weighted by atomic mass is 10.1. The maximum atomic E-state index is 11.9. The van der Waals surface area contributed by atoms with Crippen molar-refractivity contribution in [2.24, 2.45) is 5.73 Å². The highest BCUT2D eigenvalue weighted by atomic mass is 16.5. The summed E-state index contributed by atoms with van der Waals surface area (Å²) in [6, 6.07) is -0.806. The van der Waals surface area contributed by atoms with E-state index in [1.54, 1.807) is 13.1 Å². The Balaban J connectivity index is 2.45. The molecule has 0 saturated heterocycles. The fourth-order valence-corrected chi connectivity index (χ4v) is 1.81. The van der Waals surface area contributed by atoms with E-state index in [2.05, 4.69) is 4.74 Å². The second kappa shape index (κ2) is 7.22. The Morgan fingerprint density at radius 2 is 2.37 bits per heavy atom. The van der Waals surface area contributed by atoms with E-state index < -0.39 is 18.2 Å². The van der Waals surface area contributed by atoms with E-state index in [-0.39, 0.29) is 25.4 Å². The lowest BCUT2D eigenvalue weighted by Crippen LogP contribution is -2.40. The van der Waals surface area contributed by atoms with Crippen molar-refractivity contribution in [3.63, 3.8) is 0 Å². The molecule has 2 unspecified atom stereocenters. The Morgan fingerprint density at radius 3 is 2.95 bits per heavy atom. The van der Waals surface area contributed by atoms with Crippen LogP contribution in [-0.4, -0.2) is 61.5 Å². The number of hydrogen-bond donors (Lipinski definition) is 2. The van der Waals surface area contributed by atoms with E-state index in [0.717, 1.165) is 0 Å². The van der Waals surface area contributed by atoms with Crippen molar-refractivity contribution in [2.45, 2.75) is 25.1 Å². The molecule has 2 atom stereocenters. The summed E-state index contributed by atoms with van der Waals surface area (Å²) in [6.07, 6.45) is 1.53. The van der Waals surface area contributed by atoms with Crippen LogP contribution in [0.4, 0.5) is 0 Å². The summed E-state index contributed by atoms with van der Waals surface area (Å²) in [5.74, 6) is -0.742. The minimum absolute atomic E-state index is 0.116. The number of nitrogens with two attached hydrogens (primary N) is 1. The molecule has 7 nitrogen and oxygen atoms in total. The molecule has 0 fully saturated rings. The van der Waals surface area contributed by atoms with Crippen LogP contribution in [0, 0.1) is 0 Å². The highest BCUT2D eigenvalue weighted by molar-refractivity contribution is 5.79. The van der Waals surface area contributed by atoms with Gasteiger partial charge < -0.3 is 25.2 Å². The van der Waals surface area contributed by atoms with E-state index >= 15 is 0 Å². The van der Waals surface area contributed by atoms with Crippen molar-refractivity contribution < 1.29 is 24.2 Å². The fourth-order valence-electron chi connectivity index (χ4n) is 1.81. The molecule has 1 aliphatic heterocycles. The molecular weight excluding hydrogens is 252 g/mol. The van der Waals surface area contributed by atoms with E-state index in [1.165, 1.54) is 12.0 Å². The van der Waals surface area contributed by atoms with E-state index in [9.17, 15) is 9.59 Å². The summed E-state index contributed by atoms with van der Waals surface area (Å²) in [4.78, 5) is 24.4. The standard InChI is InChI=1S/C12H20N2O5/c1-14(11-8(7-15)5-6-19-11)10(16)4-3-9(13)12(17)18-2/h5,9,11,15H,3-4,6-7,13H2,1-2H3. The van der Waals surface area contributed by atoms with Gasteiger partial charge in [-0.2, -0.15) is 0 Å². The van der Waals surface area contributed by atoms with Crippen molar-refractivity contribution in [1.82, 2.24) is 4.90 Å². The Bertz CT molecular complexity index is 369. The number of carbonyl (C=O) groups is 2. The highest BCUT2D eigenvalue weighted by Crippen LogP contribution is 2.18. The quantitative estimate of drug-likeness (QED) is 0.475. The summed E-state index contributed by atoms with van der Waals surface area (Å²) in [5, 5.41) is 9.12. The van der Waals surface area contributed by atoms with Crippen LogP contribution in [0.15, 0.2) is 11.6 Å². The molecule has 0 bridgehead atoms. The number of esters is 1. The van der Waals surface area contributed by atoms with E-state index in [1.807, 2.05) is 0 Å². The molecule has 19 heavy (non-hydrogen) atoms. The van der Waals surface area contributed by atoms with Gasteiger partial charge in [0.15, 0.2) is 6.23 Å². The maximum absolute atomic E-state index is 11.9. The van der Waals surface area contributed by atoms with Crippen LogP contribution in [-0.2, 0) is 19.1 Å². The Hall–Kier alpha value is -1.44. The molecule has 108 valence electrons. The Kier molecular flexibility index (Phi) is 5.94. The molecule has 0 spiro atoms.